The number of rotatable bonds is 2. The fraction of sp³-hybridized carbons (Fsp3) is 0.500. The maximum atomic E-state index is 2.38. The molecule has 98 valence electrons. The number of hydrogen-bond acceptors (Lipinski definition) is 2. The van der Waals surface area contributed by atoms with E-state index in [1.54, 1.807) is 0 Å². The summed E-state index contributed by atoms with van der Waals surface area (Å²) in [6, 6.07) is 5.03. The zero-order valence-electron chi connectivity index (χ0n) is 12.4. The first-order valence-corrected chi connectivity index (χ1v) is 6.76. The Morgan fingerprint density at radius 2 is 1.67 bits per heavy atom. The van der Waals surface area contributed by atoms with Crippen molar-refractivity contribution in [3.63, 3.8) is 0 Å². The molecule has 1 aliphatic rings. The standard InChI is InChI=1S/C16H24N2/c1-7-18-14(5)10-15(17(18)6)16-12(3)8-11(2)9-13(16)4/h8-10,14H,7H2,1-6H3. The van der Waals surface area contributed by atoms with Crippen LogP contribution in [0.3, 0.4) is 0 Å². The van der Waals surface area contributed by atoms with Gasteiger partial charge in [0.05, 0.1) is 5.70 Å². The molecule has 0 fully saturated rings. The van der Waals surface area contributed by atoms with E-state index in [1.807, 2.05) is 0 Å². The molecule has 2 rings (SSSR count). The summed E-state index contributed by atoms with van der Waals surface area (Å²) >= 11 is 0. The van der Waals surface area contributed by atoms with Gasteiger partial charge in [0.1, 0.15) is 0 Å². The van der Waals surface area contributed by atoms with Gasteiger partial charge in [0, 0.05) is 25.2 Å². The van der Waals surface area contributed by atoms with Crippen LogP contribution in [0.5, 0.6) is 0 Å². The molecule has 1 atom stereocenters. The van der Waals surface area contributed by atoms with Gasteiger partial charge in [-0.15, -0.1) is 0 Å². The second kappa shape index (κ2) is 4.77. The van der Waals surface area contributed by atoms with Crippen LogP contribution in [0, 0.1) is 20.8 Å². The normalized spacial score (nSPS) is 20.4. The van der Waals surface area contributed by atoms with Gasteiger partial charge >= 0.3 is 0 Å². The average Bonchev–Trinajstić information content (AvgIpc) is 2.53. The van der Waals surface area contributed by atoms with Crippen molar-refractivity contribution >= 4 is 5.70 Å². The Morgan fingerprint density at radius 3 is 2.11 bits per heavy atom. The molecular formula is C16H24N2. The molecule has 0 N–H and O–H groups in total. The Bertz CT molecular complexity index is 465. The molecule has 0 aromatic heterocycles. The smallest absolute Gasteiger partial charge is 0.0573 e. The number of hydrogen-bond donors (Lipinski definition) is 0. The molecule has 0 amide bonds. The molecule has 1 heterocycles. The first-order chi connectivity index (χ1) is 8.45. The molecule has 0 aliphatic carbocycles. The Balaban J connectivity index is 2.48. The zero-order chi connectivity index (χ0) is 13.4. The van der Waals surface area contributed by atoms with Crippen molar-refractivity contribution in [2.24, 2.45) is 0 Å². The first kappa shape index (κ1) is 13.2. The minimum absolute atomic E-state index is 0.482. The number of nitrogens with zero attached hydrogens (tertiary/aromatic N) is 2. The highest BCUT2D eigenvalue weighted by molar-refractivity contribution is 5.71. The molecule has 18 heavy (non-hydrogen) atoms. The van der Waals surface area contributed by atoms with E-state index in [9.17, 15) is 0 Å². The number of likely N-dealkylation sites (N-methyl/N-ethyl adjacent to an activating group) is 1. The molecule has 0 saturated heterocycles. The van der Waals surface area contributed by atoms with Crippen molar-refractivity contribution in [3.05, 3.63) is 40.5 Å². The summed E-state index contributed by atoms with van der Waals surface area (Å²) in [6.07, 6.45) is 2.37. The largest absolute Gasteiger partial charge is 0.308 e. The van der Waals surface area contributed by atoms with Crippen molar-refractivity contribution in [2.45, 2.75) is 40.7 Å². The van der Waals surface area contributed by atoms with Gasteiger partial charge in [-0.2, -0.15) is 0 Å². The lowest BCUT2D eigenvalue weighted by atomic mass is 9.97. The van der Waals surface area contributed by atoms with Crippen LogP contribution in [-0.2, 0) is 0 Å². The van der Waals surface area contributed by atoms with Gasteiger partial charge < -0.3 is 5.01 Å². The highest BCUT2D eigenvalue weighted by atomic mass is 15.6. The second-order valence-corrected chi connectivity index (χ2v) is 5.35. The van der Waals surface area contributed by atoms with Crippen LogP contribution in [0.4, 0.5) is 0 Å². The molecule has 0 bridgehead atoms. The third kappa shape index (κ3) is 2.05. The Kier molecular flexibility index (Phi) is 3.49. The quantitative estimate of drug-likeness (QED) is 0.785. The van der Waals surface area contributed by atoms with Crippen LogP contribution in [0.25, 0.3) is 5.70 Å². The summed E-state index contributed by atoms with van der Waals surface area (Å²) in [7, 11) is 2.16. The summed E-state index contributed by atoms with van der Waals surface area (Å²) in [5, 5.41) is 4.68. The minimum Gasteiger partial charge on any atom is -0.308 e. The molecule has 0 radical (unpaired) electrons. The molecule has 2 heteroatoms. The van der Waals surface area contributed by atoms with Crippen molar-refractivity contribution in [1.82, 2.24) is 10.0 Å². The average molecular weight is 244 g/mol. The number of hydrazine groups is 1. The van der Waals surface area contributed by atoms with Crippen LogP contribution in [-0.4, -0.2) is 29.7 Å². The van der Waals surface area contributed by atoms with Gasteiger partial charge in [0.2, 0.25) is 0 Å². The van der Waals surface area contributed by atoms with Crippen LogP contribution in [0.2, 0.25) is 0 Å². The minimum atomic E-state index is 0.482. The SMILES string of the molecule is CCN1C(C)C=C(c2c(C)cc(C)cc2C)N1C. The van der Waals surface area contributed by atoms with Gasteiger partial charge in [-0.25, -0.2) is 5.01 Å². The summed E-state index contributed by atoms with van der Waals surface area (Å²) < 4.78 is 0. The van der Waals surface area contributed by atoms with E-state index in [-0.39, 0.29) is 0 Å². The summed E-state index contributed by atoms with van der Waals surface area (Å²) in [4.78, 5) is 0. The lowest BCUT2D eigenvalue weighted by molar-refractivity contribution is 0.0620. The molecule has 1 unspecified atom stereocenters. The molecule has 1 aromatic rings. The second-order valence-electron chi connectivity index (χ2n) is 5.35. The van der Waals surface area contributed by atoms with Crippen molar-refractivity contribution in [1.29, 1.82) is 0 Å². The first-order valence-electron chi connectivity index (χ1n) is 6.76. The van der Waals surface area contributed by atoms with E-state index >= 15 is 0 Å². The van der Waals surface area contributed by atoms with Gasteiger partial charge in [-0.05, 0) is 44.9 Å². The Morgan fingerprint density at radius 1 is 1.11 bits per heavy atom. The van der Waals surface area contributed by atoms with Gasteiger partial charge in [0.15, 0.2) is 0 Å². The molecule has 1 aromatic carbocycles. The van der Waals surface area contributed by atoms with Crippen LogP contribution < -0.4 is 0 Å². The van der Waals surface area contributed by atoms with Gasteiger partial charge in [-0.3, -0.25) is 0 Å². The molecule has 2 nitrogen and oxygen atoms in total. The Hall–Kier alpha value is -1.28. The van der Waals surface area contributed by atoms with Crippen molar-refractivity contribution in [3.8, 4) is 0 Å². The third-order valence-electron chi connectivity index (χ3n) is 3.86. The van der Waals surface area contributed by atoms with Crippen LogP contribution in [0.1, 0.15) is 36.1 Å². The predicted molar refractivity (Wildman–Crippen MR) is 78.2 cm³/mol. The molecular weight excluding hydrogens is 220 g/mol. The van der Waals surface area contributed by atoms with Gasteiger partial charge in [0.25, 0.3) is 0 Å². The molecule has 0 saturated carbocycles. The zero-order valence-corrected chi connectivity index (χ0v) is 12.4. The highest BCUT2D eigenvalue weighted by Crippen LogP contribution is 2.32. The summed E-state index contributed by atoms with van der Waals surface area (Å²) in [5.41, 5.74) is 6.83. The van der Waals surface area contributed by atoms with E-state index in [0.717, 1.165) is 6.54 Å². The van der Waals surface area contributed by atoms with Gasteiger partial charge in [-0.1, -0.05) is 24.6 Å². The lowest BCUT2D eigenvalue weighted by Gasteiger charge is -2.31. The Labute approximate surface area is 111 Å². The monoisotopic (exact) mass is 244 g/mol. The topological polar surface area (TPSA) is 6.48 Å². The maximum absolute atomic E-state index is 2.38. The van der Waals surface area contributed by atoms with Crippen molar-refractivity contribution in [2.75, 3.05) is 13.6 Å². The fourth-order valence-corrected chi connectivity index (χ4v) is 3.16. The summed E-state index contributed by atoms with van der Waals surface area (Å²) in [6.45, 7) is 12.1. The number of aryl methyl sites for hydroxylation is 3. The molecule has 1 aliphatic heterocycles. The fourth-order valence-electron chi connectivity index (χ4n) is 3.16. The maximum Gasteiger partial charge on any atom is 0.0573 e. The number of benzene rings is 1. The van der Waals surface area contributed by atoms with Crippen molar-refractivity contribution < 1.29 is 0 Å². The lowest BCUT2D eigenvalue weighted by Crippen LogP contribution is -2.38. The van der Waals surface area contributed by atoms with E-state index in [4.69, 9.17) is 0 Å². The summed E-state index contributed by atoms with van der Waals surface area (Å²) in [5.74, 6) is 0. The van der Waals surface area contributed by atoms with E-state index in [1.165, 1.54) is 28.0 Å². The highest BCUT2D eigenvalue weighted by Gasteiger charge is 2.27. The molecule has 0 spiro atoms. The van der Waals surface area contributed by atoms with E-state index in [0.29, 0.717) is 6.04 Å². The third-order valence-corrected chi connectivity index (χ3v) is 3.86. The van der Waals surface area contributed by atoms with Crippen LogP contribution in [0.15, 0.2) is 18.2 Å². The predicted octanol–water partition coefficient (Wildman–Crippen LogP) is 3.52. The van der Waals surface area contributed by atoms with Crippen LogP contribution >= 0.6 is 0 Å². The van der Waals surface area contributed by atoms with E-state index < -0.39 is 0 Å². The van der Waals surface area contributed by atoms with E-state index in [2.05, 4.69) is 69.9 Å².